The fraction of sp³-hybridized carbons (Fsp3) is 0.333. The monoisotopic (exact) mass is 288 g/mol. The molecular formula is C12H13ClO6. The van der Waals surface area contributed by atoms with Gasteiger partial charge in [-0.15, -0.1) is 0 Å². The molecule has 0 radical (unpaired) electrons. The van der Waals surface area contributed by atoms with E-state index in [0.29, 0.717) is 5.75 Å². The van der Waals surface area contributed by atoms with Gasteiger partial charge in [-0.25, -0.2) is 9.68 Å². The minimum atomic E-state index is -1.72. The van der Waals surface area contributed by atoms with E-state index >= 15 is 0 Å². The Bertz CT molecular complexity index is 497. The predicted octanol–water partition coefficient (Wildman–Crippen LogP) is 2.30. The third-order valence-corrected chi connectivity index (χ3v) is 2.70. The smallest absolute Gasteiger partial charge is 0.372 e. The number of carbonyl (C=O) groups is 2. The summed E-state index contributed by atoms with van der Waals surface area (Å²) in [6, 6.07) is 4.49. The molecule has 0 aliphatic rings. The van der Waals surface area contributed by atoms with Crippen LogP contribution in [-0.4, -0.2) is 24.2 Å². The standard InChI is InChI=1S/C12H13ClO6/c1-12(2,10(14)15)11(16)19-18-9-6-7(17-3)4-5-8(9)13/h4-6H,1-3H3,(H,14,15). The first-order valence-electron chi connectivity index (χ1n) is 5.25. The Kier molecular flexibility index (Phi) is 4.61. The summed E-state index contributed by atoms with van der Waals surface area (Å²) in [5.41, 5.74) is -1.72. The summed E-state index contributed by atoms with van der Waals surface area (Å²) in [4.78, 5) is 31.6. The van der Waals surface area contributed by atoms with Crippen LogP contribution in [0.15, 0.2) is 18.2 Å². The molecule has 0 spiro atoms. The van der Waals surface area contributed by atoms with E-state index in [2.05, 4.69) is 4.89 Å². The second-order valence-electron chi connectivity index (χ2n) is 4.18. The van der Waals surface area contributed by atoms with Crippen LogP contribution < -0.4 is 9.62 Å². The van der Waals surface area contributed by atoms with E-state index in [1.165, 1.54) is 33.1 Å². The van der Waals surface area contributed by atoms with Gasteiger partial charge in [-0.1, -0.05) is 11.6 Å². The van der Waals surface area contributed by atoms with Crippen LogP contribution >= 0.6 is 11.6 Å². The fourth-order valence-electron chi connectivity index (χ4n) is 0.949. The summed E-state index contributed by atoms with van der Waals surface area (Å²) < 4.78 is 4.95. The van der Waals surface area contributed by atoms with Gasteiger partial charge < -0.3 is 9.84 Å². The van der Waals surface area contributed by atoms with Crippen molar-refractivity contribution in [1.29, 1.82) is 0 Å². The summed E-state index contributed by atoms with van der Waals surface area (Å²) in [7, 11) is 1.45. The van der Waals surface area contributed by atoms with Gasteiger partial charge in [-0.3, -0.25) is 9.68 Å². The third kappa shape index (κ3) is 3.51. The summed E-state index contributed by atoms with van der Waals surface area (Å²) in [5, 5.41) is 9.04. The molecule has 0 heterocycles. The van der Waals surface area contributed by atoms with E-state index < -0.39 is 17.4 Å². The third-order valence-electron chi connectivity index (χ3n) is 2.39. The van der Waals surface area contributed by atoms with Gasteiger partial charge >= 0.3 is 11.9 Å². The second-order valence-corrected chi connectivity index (χ2v) is 4.59. The van der Waals surface area contributed by atoms with Gasteiger partial charge in [0.1, 0.15) is 5.75 Å². The van der Waals surface area contributed by atoms with E-state index in [9.17, 15) is 9.59 Å². The number of benzene rings is 1. The number of carboxylic acid groups (broad SMARTS) is 1. The fourth-order valence-corrected chi connectivity index (χ4v) is 1.10. The molecule has 19 heavy (non-hydrogen) atoms. The molecule has 1 aromatic rings. The minimum absolute atomic E-state index is 0.0514. The quantitative estimate of drug-likeness (QED) is 0.508. The van der Waals surface area contributed by atoms with E-state index in [-0.39, 0.29) is 10.8 Å². The highest BCUT2D eigenvalue weighted by molar-refractivity contribution is 6.32. The Morgan fingerprint density at radius 1 is 1.32 bits per heavy atom. The molecule has 0 unspecified atom stereocenters. The summed E-state index contributed by atoms with van der Waals surface area (Å²) >= 11 is 5.83. The Balaban J connectivity index is 2.77. The largest absolute Gasteiger partial charge is 0.497 e. The lowest BCUT2D eigenvalue weighted by Crippen LogP contribution is -2.35. The summed E-state index contributed by atoms with van der Waals surface area (Å²) in [6.45, 7) is 2.41. The van der Waals surface area contributed by atoms with Crippen LogP contribution in [0, 0.1) is 5.41 Å². The molecule has 0 aliphatic carbocycles. The minimum Gasteiger partial charge on any atom is -0.497 e. The van der Waals surface area contributed by atoms with Crippen LogP contribution in [0.4, 0.5) is 0 Å². The number of hydrogen-bond donors (Lipinski definition) is 1. The van der Waals surface area contributed by atoms with Crippen LogP contribution in [-0.2, 0) is 14.5 Å². The molecule has 0 aromatic heterocycles. The van der Waals surface area contributed by atoms with Gasteiger partial charge in [-0.05, 0) is 26.0 Å². The zero-order valence-electron chi connectivity index (χ0n) is 10.6. The molecular weight excluding hydrogens is 276 g/mol. The lowest BCUT2D eigenvalue weighted by molar-refractivity contribution is -0.225. The van der Waals surface area contributed by atoms with Crippen molar-refractivity contribution in [2.24, 2.45) is 5.41 Å². The van der Waals surface area contributed by atoms with Gasteiger partial charge in [0.2, 0.25) is 5.75 Å². The van der Waals surface area contributed by atoms with Gasteiger partial charge in [0.25, 0.3) is 0 Å². The zero-order chi connectivity index (χ0) is 14.6. The molecule has 1 rings (SSSR count). The molecule has 0 atom stereocenters. The van der Waals surface area contributed by atoms with E-state index in [1.54, 1.807) is 6.07 Å². The first-order valence-corrected chi connectivity index (χ1v) is 5.62. The molecule has 0 fully saturated rings. The normalized spacial score (nSPS) is 10.7. The predicted molar refractivity (Wildman–Crippen MR) is 66.1 cm³/mol. The number of rotatable bonds is 5. The van der Waals surface area contributed by atoms with E-state index in [0.717, 1.165) is 0 Å². The molecule has 0 saturated carbocycles. The molecule has 104 valence electrons. The number of aliphatic carboxylic acids is 1. The number of halogens is 1. The van der Waals surface area contributed by atoms with Crippen LogP contribution in [0.3, 0.4) is 0 Å². The van der Waals surface area contributed by atoms with Crippen molar-refractivity contribution in [1.82, 2.24) is 0 Å². The highest BCUT2D eigenvalue weighted by Gasteiger charge is 2.39. The van der Waals surface area contributed by atoms with Gasteiger partial charge in [-0.2, -0.15) is 0 Å². The molecule has 0 aliphatic heterocycles. The van der Waals surface area contributed by atoms with Crippen molar-refractivity contribution in [2.45, 2.75) is 13.8 Å². The molecule has 0 bridgehead atoms. The average molecular weight is 289 g/mol. The molecule has 0 amide bonds. The van der Waals surface area contributed by atoms with Crippen LogP contribution in [0.5, 0.6) is 11.5 Å². The molecule has 6 nitrogen and oxygen atoms in total. The topological polar surface area (TPSA) is 82.1 Å². The van der Waals surface area contributed by atoms with Crippen LogP contribution in [0.2, 0.25) is 5.02 Å². The Morgan fingerprint density at radius 2 is 1.95 bits per heavy atom. The number of carboxylic acids is 1. The van der Waals surface area contributed by atoms with Crippen molar-refractivity contribution >= 4 is 23.5 Å². The van der Waals surface area contributed by atoms with Gasteiger partial charge in [0.05, 0.1) is 12.1 Å². The van der Waals surface area contributed by atoms with Gasteiger partial charge in [0.15, 0.2) is 5.41 Å². The Morgan fingerprint density at radius 3 is 2.47 bits per heavy atom. The molecule has 7 heteroatoms. The summed E-state index contributed by atoms with van der Waals surface area (Å²) in [5.74, 6) is -1.86. The average Bonchev–Trinajstić information content (AvgIpc) is 2.37. The maximum absolute atomic E-state index is 11.5. The van der Waals surface area contributed by atoms with Crippen molar-refractivity contribution in [3.05, 3.63) is 23.2 Å². The number of methoxy groups -OCH3 is 1. The second kappa shape index (κ2) is 5.79. The first kappa shape index (κ1) is 15.1. The SMILES string of the molecule is COc1ccc(Cl)c(OOC(=O)C(C)(C)C(=O)O)c1. The molecule has 0 saturated heterocycles. The molecule has 1 aromatic carbocycles. The number of carbonyl (C=O) groups excluding carboxylic acids is 1. The van der Waals surface area contributed by atoms with E-state index in [1.807, 2.05) is 0 Å². The first-order chi connectivity index (χ1) is 8.78. The van der Waals surface area contributed by atoms with Crippen LogP contribution in [0.25, 0.3) is 0 Å². The lowest BCUT2D eigenvalue weighted by atomic mass is 9.94. The highest BCUT2D eigenvalue weighted by Crippen LogP contribution is 2.29. The number of hydrogen-bond acceptors (Lipinski definition) is 5. The highest BCUT2D eigenvalue weighted by atomic mass is 35.5. The van der Waals surface area contributed by atoms with Gasteiger partial charge in [0, 0.05) is 6.07 Å². The maximum Gasteiger partial charge on any atom is 0.372 e. The number of ether oxygens (including phenoxy) is 1. The lowest BCUT2D eigenvalue weighted by Gasteiger charge is -2.16. The van der Waals surface area contributed by atoms with Crippen molar-refractivity contribution in [3.63, 3.8) is 0 Å². The summed E-state index contributed by atoms with van der Waals surface area (Å²) in [6.07, 6.45) is 0. The van der Waals surface area contributed by atoms with Crippen molar-refractivity contribution < 1.29 is 29.2 Å². The zero-order valence-corrected chi connectivity index (χ0v) is 11.4. The Hall–Kier alpha value is -1.95. The Labute approximate surface area is 114 Å². The van der Waals surface area contributed by atoms with E-state index in [4.69, 9.17) is 26.3 Å². The molecule has 1 N–H and O–H groups in total. The van der Waals surface area contributed by atoms with Crippen molar-refractivity contribution in [2.75, 3.05) is 7.11 Å². The van der Waals surface area contributed by atoms with Crippen molar-refractivity contribution in [3.8, 4) is 11.5 Å². The maximum atomic E-state index is 11.5. The van der Waals surface area contributed by atoms with Crippen LogP contribution in [0.1, 0.15) is 13.8 Å².